The number of amides is 1. The first-order valence-electron chi connectivity index (χ1n) is 10.2. The van der Waals surface area contributed by atoms with Crippen LogP contribution in [0.1, 0.15) is 23.3 Å². The molecule has 0 spiro atoms. The van der Waals surface area contributed by atoms with Crippen molar-refractivity contribution < 1.29 is 14.6 Å². The number of carbonyl (C=O) groups is 1. The Balaban J connectivity index is 1.35. The summed E-state index contributed by atoms with van der Waals surface area (Å²) in [7, 11) is 1.68. The highest BCUT2D eigenvalue weighted by atomic mass is 16.5. The molecule has 1 atom stereocenters. The van der Waals surface area contributed by atoms with E-state index in [2.05, 4.69) is 26.9 Å². The number of pyridine rings is 1. The zero-order chi connectivity index (χ0) is 20.2. The van der Waals surface area contributed by atoms with Crippen molar-refractivity contribution in [2.75, 3.05) is 51.3 Å². The molecule has 1 aromatic carbocycles. The van der Waals surface area contributed by atoms with Crippen LogP contribution < -0.4 is 9.64 Å². The molecule has 1 N–H and O–H groups in total. The SMILES string of the molecule is COc1ccc(N2CCN([C@@H]3CCCN(C(=O)c4ncccc4O)C3)CC2)cc1. The lowest BCUT2D eigenvalue weighted by Crippen LogP contribution is -2.56. The first-order chi connectivity index (χ1) is 14.2. The fourth-order valence-corrected chi connectivity index (χ4v) is 4.29. The number of piperazine rings is 1. The third-order valence-electron chi connectivity index (χ3n) is 5.94. The average Bonchev–Trinajstić information content (AvgIpc) is 2.79. The van der Waals surface area contributed by atoms with Crippen LogP contribution in [0.15, 0.2) is 42.6 Å². The minimum absolute atomic E-state index is 0.0484. The van der Waals surface area contributed by atoms with Crippen molar-refractivity contribution in [1.29, 1.82) is 0 Å². The van der Waals surface area contributed by atoms with Gasteiger partial charge in [-0.1, -0.05) is 0 Å². The lowest BCUT2D eigenvalue weighted by atomic mass is 10.0. The maximum Gasteiger partial charge on any atom is 0.276 e. The van der Waals surface area contributed by atoms with Gasteiger partial charge in [-0.2, -0.15) is 0 Å². The van der Waals surface area contributed by atoms with Gasteiger partial charge in [0.2, 0.25) is 0 Å². The Morgan fingerprint density at radius 1 is 1.10 bits per heavy atom. The van der Waals surface area contributed by atoms with Crippen molar-refractivity contribution in [3.63, 3.8) is 0 Å². The number of benzene rings is 1. The molecule has 1 aromatic heterocycles. The highest BCUT2D eigenvalue weighted by Gasteiger charge is 2.31. The number of hydrogen-bond donors (Lipinski definition) is 1. The fourth-order valence-electron chi connectivity index (χ4n) is 4.29. The van der Waals surface area contributed by atoms with E-state index in [0.29, 0.717) is 12.6 Å². The van der Waals surface area contributed by atoms with Gasteiger partial charge >= 0.3 is 0 Å². The molecule has 7 nitrogen and oxygen atoms in total. The minimum atomic E-state index is -0.176. The summed E-state index contributed by atoms with van der Waals surface area (Å²) in [6.07, 6.45) is 3.62. The summed E-state index contributed by atoms with van der Waals surface area (Å²) in [5.74, 6) is 0.649. The molecule has 2 saturated heterocycles. The van der Waals surface area contributed by atoms with Crippen LogP contribution in [-0.2, 0) is 0 Å². The highest BCUT2D eigenvalue weighted by Crippen LogP contribution is 2.24. The van der Waals surface area contributed by atoms with Crippen LogP contribution in [0.3, 0.4) is 0 Å². The first-order valence-corrected chi connectivity index (χ1v) is 10.2. The number of hydrogen-bond acceptors (Lipinski definition) is 6. The van der Waals surface area contributed by atoms with Crippen molar-refractivity contribution in [3.05, 3.63) is 48.3 Å². The Bertz CT molecular complexity index is 834. The molecular formula is C22H28N4O3. The summed E-state index contributed by atoms with van der Waals surface area (Å²) < 4.78 is 5.24. The van der Waals surface area contributed by atoms with Gasteiger partial charge in [0.1, 0.15) is 11.5 Å². The van der Waals surface area contributed by atoms with E-state index in [1.165, 1.54) is 11.8 Å². The van der Waals surface area contributed by atoms with Crippen LogP contribution in [0.5, 0.6) is 11.5 Å². The normalized spacial score (nSPS) is 20.5. The Kier molecular flexibility index (Phi) is 5.85. The van der Waals surface area contributed by atoms with Gasteiger partial charge in [-0.05, 0) is 49.2 Å². The maximum absolute atomic E-state index is 12.8. The van der Waals surface area contributed by atoms with E-state index >= 15 is 0 Å². The molecule has 3 heterocycles. The molecule has 154 valence electrons. The number of rotatable bonds is 4. The van der Waals surface area contributed by atoms with E-state index < -0.39 is 0 Å². The van der Waals surface area contributed by atoms with E-state index in [1.807, 2.05) is 17.0 Å². The fraction of sp³-hybridized carbons (Fsp3) is 0.455. The molecule has 2 aromatic rings. The Labute approximate surface area is 171 Å². The van der Waals surface area contributed by atoms with E-state index in [0.717, 1.165) is 51.3 Å². The van der Waals surface area contributed by atoms with Crippen LogP contribution in [-0.4, -0.2) is 78.2 Å². The summed E-state index contributed by atoms with van der Waals surface area (Å²) >= 11 is 0. The first kappa shape index (κ1) is 19.5. The number of aromatic nitrogens is 1. The van der Waals surface area contributed by atoms with Crippen LogP contribution in [0.4, 0.5) is 5.69 Å². The Morgan fingerprint density at radius 2 is 1.86 bits per heavy atom. The third kappa shape index (κ3) is 4.29. The molecule has 1 amide bonds. The van der Waals surface area contributed by atoms with E-state index in [1.54, 1.807) is 19.4 Å². The van der Waals surface area contributed by atoms with E-state index in [-0.39, 0.29) is 17.4 Å². The highest BCUT2D eigenvalue weighted by molar-refractivity contribution is 5.94. The molecular weight excluding hydrogens is 368 g/mol. The zero-order valence-electron chi connectivity index (χ0n) is 16.8. The molecule has 0 saturated carbocycles. The molecule has 2 aliphatic heterocycles. The summed E-state index contributed by atoms with van der Waals surface area (Å²) in [4.78, 5) is 23.6. The van der Waals surface area contributed by atoms with Gasteiger partial charge in [-0.3, -0.25) is 9.69 Å². The number of piperidine rings is 1. The molecule has 0 unspecified atom stereocenters. The predicted octanol–water partition coefficient (Wildman–Crippen LogP) is 2.22. The molecule has 29 heavy (non-hydrogen) atoms. The second-order valence-corrected chi connectivity index (χ2v) is 7.64. The van der Waals surface area contributed by atoms with Gasteiger partial charge in [0, 0.05) is 57.2 Å². The molecule has 2 fully saturated rings. The molecule has 0 aliphatic carbocycles. The summed E-state index contributed by atoms with van der Waals surface area (Å²) in [6, 6.07) is 11.7. The van der Waals surface area contributed by atoms with Crippen molar-refractivity contribution >= 4 is 11.6 Å². The predicted molar refractivity (Wildman–Crippen MR) is 112 cm³/mol. The van der Waals surface area contributed by atoms with Crippen molar-refractivity contribution in [3.8, 4) is 11.5 Å². The molecule has 0 bridgehead atoms. The standard InChI is InChI=1S/C22H28N4O3/c1-29-19-8-6-17(7-9-19)24-12-14-25(15-13-24)18-4-3-11-26(16-18)22(28)21-20(27)5-2-10-23-21/h2,5-10,18,27H,3-4,11-16H2,1H3/t18-/m1/s1. The number of likely N-dealkylation sites (tertiary alicyclic amines) is 1. The largest absolute Gasteiger partial charge is 0.505 e. The lowest BCUT2D eigenvalue weighted by Gasteiger charge is -2.43. The van der Waals surface area contributed by atoms with Crippen molar-refractivity contribution in [2.24, 2.45) is 0 Å². The monoisotopic (exact) mass is 396 g/mol. The topological polar surface area (TPSA) is 69.1 Å². The van der Waals surface area contributed by atoms with Crippen LogP contribution in [0.2, 0.25) is 0 Å². The second kappa shape index (κ2) is 8.69. The third-order valence-corrected chi connectivity index (χ3v) is 5.94. The van der Waals surface area contributed by atoms with Gasteiger partial charge in [0.05, 0.1) is 7.11 Å². The molecule has 2 aliphatic rings. The Morgan fingerprint density at radius 3 is 2.55 bits per heavy atom. The van der Waals surface area contributed by atoms with Crippen LogP contribution in [0.25, 0.3) is 0 Å². The van der Waals surface area contributed by atoms with Crippen molar-refractivity contribution in [1.82, 2.24) is 14.8 Å². The van der Waals surface area contributed by atoms with Crippen molar-refractivity contribution in [2.45, 2.75) is 18.9 Å². The average molecular weight is 396 g/mol. The summed E-state index contributed by atoms with van der Waals surface area (Å²) in [6.45, 7) is 5.31. The lowest BCUT2D eigenvalue weighted by molar-refractivity contribution is 0.0555. The number of ether oxygens (including phenoxy) is 1. The number of methoxy groups -OCH3 is 1. The van der Waals surface area contributed by atoms with Gasteiger partial charge < -0.3 is 19.6 Å². The van der Waals surface area contributed by atoms with E-state index in [4.69, 9.17) is 4.74 Å². The number of carbonyl (C=O) groups excluding carboxylic acids is 1. The Hall–Kier alpha value is -2.80. The van der Waals surface area contributed by atoms with Gasteiger partial charge in [-0.15, -0.1) is 0 Å². The quantitative estimate of drug-likeness (QED) is 0.855. The van der Waals surface area contributed by atoms with Gasteiger partial charge in [0.15, 0.2) is 5.69 Å². The smallest absolute Gasteiger partial charge is 0.276 e. The maximum atomic E-state index is 12.8. The molecule has 0 radical (unpaired) electrons. The number of aromatic hydroxyl groups is 1. The van der Waals surface area contributed by atoms with Crippen LogP contribution in [0, 0.1) is 0 Å². The summed E-state index contributed by atoms with van der Waals surface area (Å²) in [5.41, 5.74) is 1.37. The van der Waals surface area contributed by atoms with Gasteiger partial charge in [0.25, 0.3) is 5.91 Å². The van der Waals surface area contributed by atoms with Crippen LogP contribution >= 0.6 is 0 Å². The van der Waals surface area contributed by atoms with Gasteiger partial charge in [-0.25, -0.2) is 4.98 Å². The zero-order valence-corrected chi connectivity index (χ0v) is 16.8. The minimum Gasteiger partial charge on any atom is -0.505 e. The van der Waals surface area contributed by atoms with E-state index in [9.17, 15) is 9.90 Å². The molecule has 4 rings (SSSR count). The molecule has 7 heteroatoms. The number of anilines is 1. The second-order valence-electron chi connectivity index (χ2n) is 7.64. The summed E-state index contributed by atoms with van der Waals surface area (Å²) in [5, 5.41) is 9.96. The number of nitrogens with zero attached hydrogens (tertiary/aromatic N) is 4.